The first-order chi connectivity index (χ1) is 9.84. The van der Waals surface area contributed by atoms with Crippen molar-refractivity contribution in [2.75, 3.05) is 13.1 Å². The highest BCUT2D eigenvalue weighted by Crippen LogP contribution is 1.99. The molecule has 0 bridgehead atoms. The average molecular weight is 268 g/mol. The molecule has 1 aromatic heterocycles. The Kier molecular flexibility index (Phi) is 5.58. The van der Waals surface area contributed by atoms with Gasteiger partial charge in [-0.05, 0) is 30.0 Å². The number of aromatic nitrogens is 1. The van der Waals surface area contributed by atoms with Crippen LogP contribution in [0.1, 0.15) is 11.1 Å². The number of hydrogen-bond acceptors (Lipinski definition) is 2. The van der Waals surface area contributed by atoms with Gasteiger partial charge in [-0.3, -0.25) is 9.98 Å². The van der Waals surface area contributed by atoms with E-state index in [1.807, 2.05) is 30.5 Å². The highest BCUT2D eigenvalue weighted by Gasteiger charge is 1.95. The van der Waals surface area contributed by atoms with Crippen molar-refractivity contribution in [1.82, 2.24) is 10.3 Å². The molecule has 1 heterocycles. The van der Waals surface area contributed by atoms with Crippen molar-refractivity contribution in [1.29, 1.82) is 0 Å². The molecule has 0 saturated heterocycles. The molecule has 0 fully saturated rings. The molecule has 4 heteroatoms. The fraction of sp³-hybridized carbons (Fsp3) is 0.250. The summed E-state index contributed by atoms with van der Waals surface area (Å²) in [7, 11) is 0. The average Bonchev–Trinajstić information content (AvgIpc) is 2.49. The van der Waals surface area contributed by atoms with Gasteiger partial charge in [0.1, 0.15) is 0 Å². The largest absolute Gasteiger partial charge is 0.370 e. The van der Waals surface area contributed by atoms with Crippen molar-refractivity contribution in [3.63, 3.8) is 0 Å². The van der Waals surface area contributed by atoms with Gasteiger partial charge in [-0.2, -0.15) is 0 Å². The van der Waals surface area contributed by atoms with Crippen LogP contribution in [0, 0.1) is 0 Å². The number of aliphatic imine (C=N–C) groups is 1. The number of guanidine groups is 1. The van der Waals surface area contributed by atoms with E-state index in [-0.39, 0.29) is 0 Å². The second-order valence-corrected chi connectivity index (χ2v) is 4.54. The third kappa shape index (κ3) is 5.10. The Morgan fingerprint density at radius 3 is 2.60 bits per heavy atom. The van der Waals surface area contributed by atoms with Gasteiger partial charge in [-0.15, -0.1) is 0 Å². The Balaban J connectivity index is 1.67. The Hall–Kier alpha value is -2.36. The van der Waals surface area contributed by atoms with Crippen LogP contribution in [-0.4, -0.2) is 24.0 Å². The summed E-state index contributed by atoms with van der Waals surface area (Å²) in [6.07, 6.45) is 5.44. The zero-order valence-corrected chi connectivity index (χ0v) is 11.5. The number of pyridine rings is 1. The molecule has 0 saturated carbocycles. The second kappa shape index (κ2) is 7.94. The molecule has 104 valence electrons. The molecule has 20 heavy (non-hydrogen) atoms. The number of nitrogens with two attached hydrogens (primary N) is 1. The molecule has 0 aliphatic carbocycles. The van der Waals surface area contributed by atoms with E-state index in [1.54, 1.807) is 6.20 Å². The Morgan fingerprint density at radius 2 is 1.85 bits per heavy atom. The fourth-order valence-corrected chi connectivity index (χ4v) is 1.89. The maximum atomic E-state index is 5.83. The quantitative estimate of drug-likeness (QED) is 0.620. The summed E-state index contributed by atoms with van der Waals surface area (Å²) in [5.41, 5.74) is 8.29. The van der Waals surface area contributed by atoms with Crippen LogP contribution in [0.2, 0.25) is 0 Å². The molecule has 0 radical (unpaired) electrons. The van der Waals surface area contributed by atoms with E-state index in [4.69, 9.17) is 5.73 Å². The van der Waals surface area contributed by atoms with Gasteiger partial charge in [0.05, 0.1) is 0 Å². The molecule has 0 spiro atoms. The molecule has 4 nitrogen and oxygen atoms in total. The summed E-state index contributed by atoms with van der Waals surface area (Å²) in [6.45, 7) is 1.47. The van der Waals surface area contributed by atoms with Gasteiger partial charge in [0.25, 0.3) is 0 Å². The topological polar surface area (TPSA) is 63.3 Å². The van der Waals surface area contributed by atoms with E-state index in [0.717, 1.165) is 19.4 Å². The van der Waals surface area contributed by atoms with Crippen molar-refractivity contribution in [3.05, 3.63) is 66.0 Å². The van der Waals surface area contributed by atoms with E-state index in [0.29, 0.717) is 12.5 Å². The van der Waals surface area contributed by atoms with Crippen LogP contribution in [0.25, 0.3) is 0 Å². The minimum Gasteiger partial charge on any atom is -0.370 e. The molecule has 0 atom stereocenters. The Labute approximate surface area is 119 Å². The zero-order chi connectivity index (χ0) is 14.0. The third-order valence-electron chi connectivity index (χ3n) is 2.97. The maximum absolute atomic E-state index is 5.83. The van der Waals surface area contributed by atoms with E-state index in [9.17, 15) is 0 Å². The van der Waals surface area contributed by atoms with E-state index in [2.05, 4.69) is 33.5 Å². The van der Waals surface area contributed by atoms with Crippen LogP contribution in [0.4, 0.5) is 0 Å². The standard InChI is InChI=1S/C16H20N4/c17-16(19-11-8-14-5-2-1-3-6-14)20-12-9-15-7-4-10-18-13-15/h1-7,10,13H,8-9,11-12H2,(H3,17,19,20). The lowest BCUT2D eigenvalue weighted by atomic mass is 10.2. The maximum Gasteiger partial charge on any atom is 0.188 e. The molecule has 0 aliphatic rings. The van der Waals surface area contributed by atoms with Gasteiger partial charge in [0.15, 0.2) is 5.96 Å². The molecule has 0 unspecified atom stereocenters. The SMILES string of the molecule is NC(=NCCc1ccccc1)NCCc1cccnc1. The molecule has 2 aromatic rings. The predicted molar refractivity (Wildman–Crippen MR) is 82.6 cm³/mol. The van der Waals surface area contributed by atoms with E-state index < -0.39 is 0 Å². The zero-order valence-electron chi connectivity index (χ0n) is 11.5. The van der Waals surface area contributed by atoms with E-state index in [1.165, 1.54) is 11.1 Å². The van der Waals surface area contributed by atoms with E-state index >= 15 is 0 Å². The highest BCUT2D eigenvalue weighted by molar-refractivity contribution is 5.77. The van der Waals surface area contributed by atoms with Gasteiger partial charge in [-0.1, -0.05) is 36.4 Å². The fourth-order valence-electron chi connectivity index (χ4n) is 1.89. The highest BCUT2D eigenvalue weighted by atomic mass is 15.1. The first kappa shape index (κ1) is 14.1. The molecule has 2 rings (SSSR count). The summed E-state index contributed by atoms with van der Waals surface area (Å²) in [4.78, 5) is 8.39. The predicted octanol–water partition coefficient (Wildman–Crippen LogP) is 1.77. The van der Waals surface area contributed by atoms with Crippen LogP contribution < -0.4 is 11.1 Å². The van der Waals surface area contributed by atoms with Crippen molar-refractivity contribution in [2.45, 2.75) is 12.8 Å². The molecule has 0 aliphatic heterocycles. The summed E-state index contributed by atoms with van der Waals surface area (Å²) in [6, 6.07) is 14.3. The van der Waals surface area contributed by atoms with Crippen LogP contribution in [-0.2, 0) is 12.8 Å². The van der Waals surface area contributed by atoms with Crippen LogP contribution in [0.15, 0.2) is 59.9 Å². The molecule has 1 aromatic carbocycles. The monoisotopic (exact) mass is 268 g/mol. The normalized spacial score (nSPS) is 11.3. The number of hydrogen-bond donors (Lipinski definition) is 2. The first-order valence-corrected chi connectivity index (χ1v) is 6.81. The van der Waals surface area contributed by atoms with Gasteiger partial charge >= 0.3 is 0 Å². The Morgan fingerprint density at radius 1 is 1.05 bits per heavy atom. The van der Waals surface area contributed by atoms with Gasteiger partial charge < -0.3 is 11.1 Å². The summed E-state index contributed by atoms with van der Waals surface area (Å²) in [5, 5.41) is 3.12. The summed E-state index contributed by atoms with van der Waals surface area (Å²) < 4.78 is 0. The van der Waals surface area contributed by atoms with Gasteiger partial charge in [0.2, 0.25) is 0 Å². The summed E-state index contributed by atoms with van der Waals surface area (Å²) in [5.74, 6) is 0.504. The minimum atomic E-state index is 0.504. The van der Waals surface area contributed by atoms with Crippen molar-refractivity contribution < 1.29 is 0 Å². The first-order valence-electron chi connectivity index (χ1n) is 6.81. The third-order valence-corrected chi connectivity index (χ3v) is 2.97. The smallest absolute Gasteiger partial charge is 0.188 e. The number of nitrogens with one attached hydrogen (secondary N) is 1. The van der Waals surface area contributed by atoms with Crippen molar-refractivity contribution in [3.8, 4) is 0 Å². The van der Waals surface area contributed by atoms with Crippen LogP contribution in [0.5, 0.6) is 0 Å². The number of rotatable bonds is 6. The van der Waals surface area contributed by atoms with Gasteiger partial charge in [0, 0.05) is 25.5 Å². The molecule has 0 amide bonds. The molecule has 3 N–H and O–H groups in total. The lowest BCUT2D eigenvalue weighted by Gasteiger charge is -2.05. The molecular weight excluding hydrogens is 248 g/mol. The second-order valence-electron chi connectivity index (χ2n) is 4.54. The lowest BCUT2D eigenvalue weighted by Crippen LogP contribution is -2.33. The lowest BCUT2D eigenvalue weighted by molar-refractivity contribution is 0.840. The Bertz CT molecular complexity index is 523. The van der Waals surface area contributed by atoms with Crippen molar-refractivity contribution in [2.24, 2.45) is 10.7 Å². The number of nitrogens with zero attached hydrogens (tertiary/aromatic N) is 2. The molecular formula is C16H20N4. The van der Waals surface area contributed by atoms with Crippen LogP contribution >= 0.6 is 0 Å². The summed E-state index contributed by atoms with van der Waals surface area (Å²) >= 11 is 0. The van der Waals surface area contributed by atoms with Gasteiger partial charge in [-0.25, -0.2) is 0 Å². The number of benzene rings is 1. The van der Waals surface area contributed by atoms with Crippen molar-refractivity contribution >= 4 is 5.96 Å². The van der Waals surface area contributed by atoms with Crippen LogP contribution in [0.3, 0.4) is 0 Å². The minimum absolute atomic E-state index is 0.504.